The molecule has 2 heterocycles. The van der Waals surface area contributed by atoms with Gasteiger partial charge in [-0.15, -0.1) is 11.6 Å². The van der Waals surface area contributed by atoms with E-state index in [-0.39, 0.29) is 0 Å². The van der Waals surface area contributed by atoms with Crippen molar-refractivity contribution >= 4 is 34.2 Å². The minimum Gasteiger partial charge on any atom is -0.464 e. The van der Waals surface area contributed by atoms with E-state index in [9.17, 15) is 0 Å². The van der Waals surface area contributed by atoms with Gasteiger partial charge in [0, 0.05) is 12.3 Å². The number of imidazole rings is 1. The van der Waals surface area contributed by atoms with E-state index in [1.54, 1.807) is 0 Å². The van der Waals surface area contributed by atoms with Gasteiger partial charge in [-0.05, 0) is 31.2 Å². The molecule has 2 aromatic heterocycles. The molecule has 0 N–H and O–H groups in total. The van der Waals surface area contributed by atoms with Gasteiger partial charge in [-0.3, -0.25) is 0 Å². The number of para-hydroxylation sites is 1. The smallest absolute Gasteiger partial charge is 0.123 e. The summed E-state index contributed by atoms with van der Waals surface area (Å²) in [6.07, 6.45) is 0.701. The van der Waals surface area contributed by atoms with Crippen LogP contribution in [0.1, 0.15) is 17.3 Å². The Morgan fingerprint density at radius 2 is 2.10 bits per heavy atom. The molecule has 0 saturated carbocycles. The molecule has 0 atom stereocenters. The van der Waals surface area contributed by atoms with Crippen LogP contribution >= 0.6 is 23.2 Å². The Balaban J connectivity index is 2.11. The molecular formula is C15H14Cl2N2O. The van der Waals surface area contributed by atoms with Crippen molar-refractivity contribution in [1.29, 1.82) is 0 Å². The van der Waals surface area contributed by atoms with Crippen LogP contribution in [-0.4, -0.2) is 15.4 Å². The highest BCUT2D eigenvalue weighted by Gasteiger charge is 2.14. The van der Waals surface area contributed by atoms with E-state index in [4.69, 9.17) is 27.6 Å². The SMILES string of the molecule is Cc1ccc(Cn2c(CCCl)nc3c(Cl)cccc32)o1. The van der Waals surface area contributed by atoms with Crippen LogP contribution in [-0.2, 0) is 13.0 Å². The Morgan fingerprint density at radius 1 is 1.25 bits per heavy atom. The number of hydrogen-bond donors (Lipinski definition) is 0. The van der Waals surface area contributed by atoms with E-state index in [0.29, 0.717) is 23.9 Å². The summed E-state index contributed by atoms with van der Waals surface area (Å²) in [6.45, 7) is 2.57. The van der Waals surface area contributed by atoms with Gasteiger partial charge in [0.05, 0.1) is 17.1 Å². The van der Waals surface area contributed by atoms with Gasteiger partial charge >= 0.3 is 0 Å². The molecule has 0 aliphatic rings. The van der Waals surface area contributed by atoms with Crippen LogP contribution in [0.3, 0.4) is 0 Å². The van der Waals surface area contributed by atoms with Crippen LogP contribution < -0.4 is 0 Å². The molecule has 3 aromatic rings. The molecule has 0 amide bonds. The molecule has 1 aromatic carbocycles. The highest BCUT2D eigenvalue weighted by Crippen LogP contribution is 2.25. The van der Waals surface area contributed by atoms with Gasteiger partial charge in [0.1, 0.15) is 22.9 Å². The maximum absolute atomic E-state index is 6.22. The first-order valence-electron chi connectivity index (χ1n) is 6.44. The van der Waals surface area contributed by atoms with Gasteiger partial charge in [-0.1, -0.05) is 17.7 Å². The lowest BCUT2D eigenvalue weighted by Crippen LogP contribution is -2.05. The molecule has 0 fully saturated rings. The predicted molar refractivity (Wildman–Crippen MR) is 81.7 cm³/mol. The molecule has 0 bridgehead atoms. The number of benzene rings is 1. The van der Waals surface area contributed by atoms with Crippen LogP contribution in [0.25, 0.3) is 11.0 Å². The van der Waals surface area contributed by atoms with Crippen molar-refractivity contribution in [3.63, 3.8) is 0 Å². The average molecular weight is 309 g/mol. The summed E-state index contributed by atoms with van der Waals surface area (Å²) in [5, 5.41) is 0.660. The fourth-order valence-electron chi connectivity index (χ4n) is 2.34. The third kappa shape index (κ3) is 2.43. The Bertz CT molecular complexity index is 745. The van der Waals surface area contributed by atoms with E-state index in [1.165, 1.54) is 0 Å². The molecule has 0 radical (unpaired) electrons. The Kier molecular flexibility index (Phi) is 3.72. The van der Waals surface area contributed by atoms with Gasteiger partial charge in [0.15, 0.2) is 0 Å². The first kappa shape index (κ1) is 13.5. The van der Waals surface area contributed by atoms with Crippen LogP contribution in [0, 0.1) is 6.92 Å². The fourth-order valence-corrected chi connectivity index (χ4v) is 2.72. The van der Waals surface area contributed by atoms with E-state index < -0.39 is 0 Å². The summed E-state index contributed by atoms with van der Waals surface area (Å²) in [7, 11) is 0. The monoisotopic (exact) mass is 308 g/mol. The maximum atomic E-state index is 6.22. The first-order valence-corrected chi connectivity index (χ1v) is 7.35. The van der Waals surface area contributed by atoms with E-state index in [2.05, 4.69) is 9.55 Å². The number of alkyl halides is 1. The molecule has 0 aliphatic carbocycles. The second-order valence-electron chi connectivity index (χ2n) is 4.67. The molecule has 3 rings (SSSR count). The minimum absolute atomic E-state index is 0.526. The summed E-state index contributed by atoms with van der Waals surface area (Å²) in [4.78, 5) is 4.61. The molecule has 104 valence electrons. The number of nitrogens with zero attached hydrogens (tertiary/aromatic N) is 2. The molecule has 0 unspecified atom stereocenters. The summed E-state index contributed by atoms with van der Waals surface area (Å²) >= 11 is 12.1. The fraction of sp³-hybridized carbons (Fsp3) is 0.267. The zero-order valence-corrected chi connectivity index (χ0v) is 12.6. The second kappa shape index (κ2) is 5.51. The Morgan fingerprint density at radius 3 is 2.80 bits per heavy atom. The molecule has 20 heavy (non-hydrogen) atoms. The molecule has 3 nitrogen and oxygen atoms in total. The number of aromatic nitrogens is 2. The maximum Gasteiger partial charge on any atom is 0.123 e. The van der Waals surface area contributed by atoms with Crippen molar-refractivity contribution in [3.05, 3.63) is 52.7 Å². The zero-order valence-electron chi connectivity index (χ0n) is 11.1. The largest absolute Gasteiger partial charge is 0.464 e. The van der Waals surface area contributed by atoms with Crippen molar-refractivity contribution in [2.45, 2.75) is 19.9 Å². The lowest BCUT2D eigenvalue weighted by molar-refractivity contribution is 0.469. The average Bonchev–Trinajstić information content (AvgIpc) is 2.97. The van der Waals surface area contributed by atoms with Gasteiger partial charge in [0.25, 0.3) is 0 Å². The van der Waals surface area contributed by atoms with Crippen LogP contribution in [0.2, 0.25) is 5.02 Å². The van der Waals surface area contributed by atoms with Gasteiger partial charge < -0.3 is 8.98 Å². The topological polar surface area (TPSA) is 31.0 Å². The van der Waals surface area contributed by atoms with Gasteiger partial charge in [-0.25, -0.2) is 4.98 Å². The van der Waals surface area contributed by atoms with Crippen molar-refractivity contribution in [2.75, 3.05) is 5.88 Å². The van der Waals surface area contributed by atoms with E-state index in [0.717, 1.165) is 28.4 Å². The minimum atomic E-state index is 0.526. The number of fused-ring (bicyclic) bond motifs is 1. The first-order chi connectivity index (χ1) is 9.69. The standard InChI is InChI=1S/C15H14Cl2N2O/c1-10-5-6-11(20-10)9-19-13-4-2-3-12(17)15(13)18-14(19)7-8-16/h2-6H,7-9H2,1H3. The number of hydrogen-bond acceptors (Lipinski definition) is 2. The molecule has 0 saturated heterocycles. The molecule has 0 aliphatic heterocycles. The third-order valence-electron chi connectivity index (χ3n) is 3.24. The normalized spacial score (nSPS) is 11.3. The van der Waals surface area contributed by atoms with Crippen LogP contribution in [0.15, 0.2) is 34.7 Å². The lowest BCUT2D eigenvalue weighted by atomic mass is 10.3. The zero-order chi connectivity index (χ0) is 14.1. The van der Waals surface area contributed by atoms with E-state index in [1.807, 2.05) is 37.3 Å². The number of rotatable bonds is 4. The summed E-state index contributed by atoms with van der Waals surface area (Å²) in [5.41, 5.74) is 1.82. The number of aryl methyl sites for hydroxylation is 2. The van der Waals surface area contributed by atoms with Gasteiger partial charge in [0.2, 0.25) is 0 Å². The van der Waals surface area contributed by atoms with Gasteiger partial charge in [-0.2, -0.15) is 0 Å². The Labute approximate surface area is 127 Å². The van der Waals surface area contributed by atoms with Crippen LogP contribution in [0.4, 0.5) is 0 Å². The van der Waals surface area contributed by atoms with Crippen molar-refractivity contribution in [3.8, 4) is 0 Å². The predicted octanol–water partition coefficient (Wildman–Crippen LogP) is 4.42. The summed E-state index contributed by atoms with van der Waals surface area (Å²) < 4.78 is 7.77. The van der Waals surface area contributed by atoms with Crippen molar-refractivity contribution < 1.29 is 4.42 Å². The Hall–Kier alpha value is -1.45. The second-order valence-corrected chi connectivity index (χ2v) is 5.46. The third-order valence-corrected chi connectivity index (χ3v) is 3.73. The van der Waals surface area contributed by atoms with Crippen molar-refractivity contribution in [2.24, 2.45) is 0 Å². The quantitative estimate of drug-likeness (QED) is 0.668. The number of halogens is 2. The van der Waals surface area contributed by atoms with E-state index >= 15 is 0 Å². The molecule has 5 heteroatoms. The van der Waals surface area contributed by atoms with Crippen molar-refractivity contribution in [1.82, 2.24) is 9.55 Å². The molecule has 0 spiro atoms. The highest BCUT2D eigenvalue weighted by molar-refractivity contribution is 6.34. The molecular weight excluding hydrogens is 295 g/mol. The van der Waals surface area contributed by atoms with Crippen LogP contribution in [0.5, 0.6) is 0 Å². The summed E-state index contributed by atoms with van der Waals surface area (Å²) in [5.74, 6) is 3.26. The number of furan rings is 1. The summed E-state index contributed by atoms with van der Waals surface area (Å²) in [6, 6.07) is 9.74. The lowest BCUT2D eigenvalue weighted by Gasteiger charge is -2.06. The highest BCUT2D eigenvalue weighted by atomic mass is 35.5.